The van der Waals surface area contributed by atoms with Crippen LogP contribution in [0.2, 0.25) is 0 Å². The number of morpholine rings is 1. The van der Waals surface area contributed by atoms with E-state index in [0.717, 1.165) is 4.90 Å². The number of benzene rings is 1. The molecular weight excluding hydrogens is 442 g/mol. The lowest BCUT2D eigenvalue weighted by atomic mass is 10.1. The van der Waals surface area contributed by atoms with E-state index in [1.165, 1.54) is 36.4 Å². The van der Waals surface area contributed by atoms with Crippen LogP contribution in [0.25, 0.3) is 12.7 Å². The molecule has 0 radical (unpaired) electrons. The van der Waals surface area contributed by atoms with Crippen molar-refractivity contribution in [2.45, 2.75) is 25.7 Å². The number of nitrogen functional groups attached to an aromatic ring is 1. The van der Waals surface area contributed by atoms with E-state index in [4.69, 9.17) is 15.0 Å². The highest BCUT2D eigenvalue weighted by molar-refractivity contribution is 6.02. The van der Waals surface area contributed by atoms with Gasteiger partial charge in [-0.3, -0.25) is 9.59 Å². The van der Waals surface area contributed by atoms with E-state index in [1.807, 2.05) is 0 Å². The monoisotopic (exact) mass is 464 g/mol. The molecular formula is C21H22F2N4O6. The van der Waals surface area contributed by atoms with Crippen molar-refractivity contribution in [2.75, 3.05) is 23.8 Å². The van der Waals surface area contributed by atoms with Gasteiger partial charge in [0.1, 0.15) is 5.75 Å². The Hall–Kier alpha value is -3.77. The third kappa shape index (κ3) is 5.35. The van der Waals surface area contributed by atoms with Crippen LogP contribution in [-0.4, -0.2) is 54.0 Å². The number of nitrogens with one attached hydrogen (secondary N) is 1. The van der Waals surface area contributed by atoms with Gasteiger partial charge in [0, 0.05) is 18.3 Å². The maximum Gasteiger partial charge on any atom is 0.387 e. The lowest BCUT2D eigenvalue weighted by Crippen LogP contribution is -2.56. The zero-order valence-corrected chi connectivity index (χ0v) is 17.5. The van der Waals surface area contributed by atoms with Gasteiger partial charge < -0.3 is 35.1 Å². The number of aromatic nitrogens is 1. The number of hydrogen-bond acceptors (Lipinski definition) is 8. The van der Waals surface area contributed by atoms with Gasteiger partial charge in [-0.05, 0) is 19.1 Å². The number of para-hydroxylation sites is 2. The molecule has 0 aliphatic carbocycles. The normalized spacial score (nSPS) is 18.5. The van der Waals surface area contributed by atoms with Crippen LogP contribution in [0.4, 0.5) is 20.3 Å². The summed E-state index contributed by atoms with van der Waals surface area (Å²) >= 11 is 0. The molecule has 176 valence electrons. The molecule has 2 heterocycles. The molecule has 12 heteroatoms. The van der Waals surface area contributed by atoms with Crippen molar-refractivity contribution in [3.8, 4) is 5.75 Å². The van der Waals surface area contributed by atoms with E-state index in [1.54, 1.807) is 6.92 Å². The average Bonchev–Trinajstić information content (AvgIpc) is 3.10. The minimum Gasteiger partial charge on any atom is -0.433 e. The largest absolute Gasteiger partial charge is 0.433 e. The highest BCUT2D eigenvalue weighted by atomic mass is 19.3. The summed E-state index contributed by atoms with van der Waals surface area (Å²) in [6.45, 7) is 2.19. The zero-order valence-electron chi connectivity index (χ0n) is 17.5. The molecule has 1 aromatic carbocycles. The Morgan fingerprint density at radius 1 is 1.45 bits per heavy atom. The fraction of sp³-hybridized carbons (Fsp3) is 0.286. The molecule has 2 aromatic rings. The molecule has 10 nitrogen and oxygen atoms in total. The number of aliphatic hydroxyl groups is 1. The number of amides is 2. The standard InChI is InChI=1S/C21H22F2N4O6/c1-3-12(10-15-11(2)18(24)26-33-15)25-19(29)16(28)17-20(30)27(8-9-31-17)13-6-4-5-7-14(13)32-21(22)23/h3-7,10,16-17,21,28H,2,8-9H2,1H3,(H2,24,26)(H,25,29). The third-order valence-electron chi connectivity index (χ3n) is 4.76. The summed E-state index contributed by atoms with van der Waals surface area (Å²) in [5.41, 5.74) is 6.06. The first-order valence-corrected chi connectivity index (χ1v) is 9.76. The second-order valence-electron chi connectivity index (χ2n) is 6.86. The Bertz CT molecular complexity index is 1170. The van der Waals surface area contributed by atoms with Gasteiger partial charge in [0.15, 0.2) is 23.4 Å². The van der Waals surface area contributed by atoms with Gasteiger partial charge in [-0.1, -0.05) is 29.9 Å². The Kier molecular flexibility index (Phi) is 7.41. The number of hydrogen-bond donors (Lipinski definition) is 3. The second kappa shape index (κ2) is 10.2. The first kappa shape index (κ1) is 23.9. The van der Waals surface area contributed by atoms with Gasteiger partial charge >= 0.3 is 6.61 Å². The summed E-state index contributed by atoms with van der Waals surface area (Å²) in [7, 11) is 0. The van der Waals surface area contributed by atoms with Gasteiger partial charge in [0.05, 0.1) is 17.5 Å². The minimum absolute atomic E-state index is 0.0143. The van der Waals surface area contributed by atoms with Crippen LogP contribution >= 0.6 is 0 Å². The summed E-state index contributed by atoms with van der Waals surface area (Å²) in [5, 5.41) is 16.8. The number of aliphatic hydroxyl groups excluding tert-OH is 1. The maximum atomic E-state index is 13.0. The number of rotatable bonds is 7. The number of carbonyl (C=O) groups excluding carboxylic acids is 2. The van der Waals surface area contributed by atoms with Crippen molar-refractivity contribution in [1.29, 1.82) is 0 Å². The molecule has 2 amide bonds. The van der Waals surface area contributed by atoms with E-state index < -0.39 is 30.6 Å². The van der Waals surface area contributed by atoms with Crippen molar-refractivity contribution in [2.24, 2.45) is 0 Å². The van der Waals surface area contributed by atoms with E-state index in [2.05, 4.69) is 21.8 Å². The lowest BCUT2D eigenvalue weighted by Gasteiger charge is -2.34. The molecule has 2 unspecified atom stereocenters. The number of carbonyl (C=O) groups is 2. The van der Waals surface area contributed by atoms with Crippen molar-refractivity contribution in [3.05, 3.63) is 46.7 Å². The van der Waals surface area contributed by atoms with Crippen LogP contribution in [0.5, 0.6) is 5.75 Å². The fourth-order valence-electron chi connectivity index (χ4n) is 3.08. The summed E-state index contributed by atoms with van der Waals surface area (Å²) in [5.74, 6) is -1.86. The predicted molar refractivity (Wildman–Crippen MR) is 113 cm³/mol. The number of nitrogens with zero attached hydrogens (tertiary/aromatic N) is 2. The van der Waals surface area contributed by atoms with E-state index >= 15 is 0 Å². The minimum atomic E-state index is -3.09. The molecule has 1 saturated heterocycles. The number of anilines is 2. The van der Waals surface area contributed by atoms with Gasteiger partial charge in [-0.25, -0.2) is 0 Å². The van der Waals surface area contributed by atoms with Crippen molar-refractivity contribution in [3.63, 3.8) is 0 Å². The maximum absolute atomic E-state index is 13.0. The van der Waals surface area contributed by atoms with Gasteiger partial charge in [-0.2, -0.15) is 8.78 Å². The summed E-state index contributed by atoms with van der Waals surface area (Å²) < 4.78 is 40.3. The molecule has 1 aliphatic heterocycles. The summed E-state index contributed by atoms with van der Waals surface area (Å²) in [6, 6.07) is 5.70. The number of ether oxygens (including phenoxy) is 2. The summed E-state index contributed by atoms with van der Waals surface area (Å²) in [4.78, 5) is 26.7. The Balaban J connectivity index is 1.77. The number of alkyl halides is 2. The first-order chi connectivity index (χ1) is 15.7. The van der Waals surface area contributed by atoms with Crippen molar-refractivity contribution >= 4 is 36.0 Å². The van der Waals surface area contributed by atoms with Crippen LogP contribution in [0, 0.1) is 0 Å². The molecule has 1 fully saturated rings. The average molecular weight is 464 g/mol. The quantitative estimate of drug-likeness (QED) is 0.515. The molecule has 0 saturated carbocycles. The van der Waals surface area contributed by atoms with Crippen LogP contribution in [0.1, 0.15) is 6.92 Å². The Labute approximate surface area is 186 Å². The molecule has 4 N–H and O–H groups in total. The molecule has 3 rings (SSSR count). The molecule has 0 bridgehead atoms. The molecule has 2 atom stereocenters. The SMILES string of the molecule is C=c1c(N)noc1=CC(=CC)NC(=O)C(O)C1OCCN(c2ccccc2OC(F)F)C1=O. The van der Waals surface area contributed by atoms with E-state index in [9.17, 15) is 23.5 Å². The van der Waals surface area contributed by atoms with E-state index in [-0.39, 0.29) is 41.5 Å². The van der Waals surface area contributed by atoms with E-state index in [0.29, 0.717) is 5.22 Å². The molecule has 1 aromatic heterocycles. The Morgan fingerprint density at radius 3 is 2.82 bits per heavy atom. The molecule has 1 aliphatic rings. The van der Waals surface area contributed by atoms with Crippen LogP contribution in [0.3, 0.4) is 0 Å². The van der Waals surface area contributed by atoms with Gasteiger partial charge in [0.25, 0.3) is 11.8 Å². The second-order valence-corrected chi connectivity index (χ2v) is 6.86. The van der Waals surface area contributed by atoms with Crippen LogP contribution < -0.4 is 31.3 Å². The number of halogens is 2. The molecule has 0 spiro atoms. The smallest absolute Gasteiger partial charge is 0.387 e. The van der Waals surface area contributed by atoms with Crippen LogP contribution in [-0.2, 0) is 14.3 Å². The van der Waals surface area contributed by atoms with Crippen LogP contribution in [0.15, 0.2) is 40.6 Å². The van der Waals surface area contributed by atoms with Crippen molar-refractivity contribution < 1.29 is 37.5 Å². The fourth-order valence-corrected chi connectivity index (χ4v) is 3.08. The topological polar surface area (TPSA) is 140 Å². The number of nitrogens with two attached hydrogens (primary N) is 1. The first-order valence-electron chi connectivity index (χ1n) is 9.76. The highest BCUT2D eigenvalue weighted by Gasteiger charge is 2.40. The predicted octanol–water partition coefficient (Wildman–Crippen LogP) is -0.138. The Morgan fingerprint density at radius 2 is 2.18 bits per heavy atom. The zero-order chi connectivity index (χ0) is 24.1. The van der Waals surface area contributed by atoms with Crippen molar-refractivity contribution in [1.82, 2.24) is 10.5 Å². The summed E-state index contributed by atoms with van der Waals surface area (Å²) in [6.07, 6.45) is -0.563. The lowest BCUT2D eigenvalue weighted by molar-refractivity contribution is -0.152. The molecule has 33 heavy (non-hydrogen) atoms. The highest BCUT2D eigenvalue weighted by Crippen LogP contribution is 2.31. The number of allylic oxidation sites excluding steroid dienone is 2. The van der Waals surface area contributed by atoms with Gasteiger partial charge in [-0.15, -0.1) is 0 Å². The third-order valence-corrected chi connectivity index (χ3v) is 4.76. The van der Waals surface area contributed by atoms with Gasteiger partial charge in [0.2, 0.25) is 0 Å².